The van der Waals surface area contributed by atoms with Crippen LogP contribution in [-0.2, 0) is 6.42 Å². The lowest BCUT2D eigenvalue weighted by Gasteiger charge is -2.38. The average Bonchev–Trinajstić information content (AvgIpc) is 2.39. The lowest BCUT2D eigenvalue weighted by molar-refractivity contribution is 0.158. The molecule has 2 aliphatic rings. The van der Waals surface area contributed by atoms with Crippen LogP contribution in [0.5, 0.6) is 0 Å². The normalized spacial score (nSPS) is 26.4. The van der Waals surface area contributed by atoms with E-state index < -0.39 is 0 Å². The zero-order valence-electron chi connectivity index (χ0n) is 9.78. The number of fused-ring (bicyclic) bond motifs is 1. The Morgan fingerprint density at radius 3 is 2.81 bits per heavy atom. The summed E-state index contributed by atoms with van der Waals surface area (Å²) in [6.07, 6.45) is 3.97. The number of aryl methyl sites for hydroxylation is 1. The Balaban J connectivity index is 1.86. The van der Waals surface area contributed by atoms with Crippen molar-refractivity contribution < 1.29 is 0 Å². The van der Waals surface area contributed by atoms with Crippen LogP contribution in [0.3, 0.4) is 0 Å². The fraction of sp³-hybridized carbons (Fsp3) is 0.571. The molecule has 1 unspecified atom stereocenters. The lowest BCUT2D eigenvalue weighted by atomic mass is 9.86. The van der Waals surface area contributed by atoms with Crippen molar-refractivity contribution in [2.75, 3.05) is 26.2 Å². The Kier molecular flexibility index (Phi) is 2.94. The molecule has 2 heteroatoms. The predicted octanol–water partition coefficient (Wildman–Crippen LogP) is 1.97. The highest BCUT2D eigenvalue weighted by Crippen LogP contribution is 2.33. The van der Waals surface area contributed by atoms with Gasteiger partial charge in [0.2, 0.25) is 0 Å². The fourth-order valence-corrected chi connectivity index (χ4v) is 3.10. The van der Waals surface area contributed by atoms with Gasteiger partial charge < -0.3 is 5.32 Å². The fourth-order valence-electron chi connectivity index (χ4n) is 3.10. The van der Waals surface area contributed by atoms with Gasteiger partial charge in [0.15, 0.2) is 0 Å². The molecular weight excluding hydrogens is 196 g/mol. The molecule has 1 N–H and O–H groups in total. The number of hydrogen-bond donors (Lipinski definition) is 1. The van der Waals surface area contributed by atoms with E-state index >= 15 is 0 Å². The van der Waals surface area contributed by atoms with Crippen molar-refractivity contribution in [3.8, 4) is 0 Å². The van der Waals surface area contributed by atoms with E-state index in [4.69, 9.17) is 0 Å². The first-order valence-corrected chi connectivity index (χ1v) is 6.48. The molecule has 86 valence electrons. The predicted molar refractivity (Wildman–Crippen MR) is 66.6 cm³/mol. The van der Waals surface area contributed by atoms with Crippen LogP contribution in [0.15, 0.2) is 24.3 Å². The molecule has 3 rings (SSSR count). The lowest BCUT2D eigenvalue weighted by Crippen LogP contribution is -2.45. The van der Waals surface area contributed by atoms with E-state index in [-0.39, 0.29) is 0 Å². The second kappa shape index (κ2) is 4.56. The molecule has 0 bridgehead atoms. The highest BCUT2D eigenvalue weighted by Gasteiger charge is 2.26. The molecular formula is C14H20N2. The maximum Gasteiger partial charge on any atom is 0.0352 e. The van der Waals surface area contributed by atoms with E-state index in [1.165, 1.54) is 32.4 Å². The molecule has 1 aliphatic heterocycles. The summed E-state index contributed by atoms with van der Waals surface area (Å²) in [5.74, 6) is 0. The van der Waals surface area contributed by atoms with Gasteiger partial charge in [0.05, 0.1) is 0 Å². The standard InChI is InChI=1S/C14H20N2/c1-2-6-13-12(4-1)5-3-7-14(13)16-10-8-15-9-11-16/h1-2,4,6,14-15H,3,5,7-11H2. The summed E-state index contributed by atoms with van der Waals surface area (Å²) in [4.78, 5) is 2.66. The van der Waals surface area contributed by atoms with E-state index in [0.29, 0.717) is 6.04 Å². The van der Waals surface area contributed by atoms with Gasteiger partial charge >= 0.3 is 0 Å². The first-order valence-electron chi connectivity index (χ1n) is 6.48. The monoisotopic (exact) mass is 216 g/mol. The van der Waals surface area contributed by atoms with Crippen molar-refractivity contribution in [2.45, 2.75) is 25.3 Å². The molecule has 2 nitrogen and oxygen atoms in total. The molecule has 1 atom stereocenters. The van der Waals surface area contributed by atoms with Gasteiger partial charge in [-0.25, -0.2) is 0 Å². The summed E-state index contributed by atoms with van der Waals surface area (Å²) >= 11 is 0. The highest BCUT2D eigenvalue weighted by molar-refractivity contribution is 5.32. The van der Waals surface area contributed by atoms with Crippen molar-refractivity contribution >= 4 is 0 Å². The van der Waals surface area contributed by atoms with E-state index in [1.807, 2.05) is 0 Å². The van der Waals surface area contributed by atoms with Crippen molar-refractivity contribution in [2.24, 2.45) is 0 Å². The van der Waals surface area contributed by atoms with Crippen molar-refractivity contribution in [3.63, 3.8) is 0 Å². The average molecular weight is 216 g/mol. The summed E-state index contributed by atoms with van der Waals surface area (Å²) in [5.41, 5.74) is 3.17. The second-order valence-electron chi connectivity index (χ2n) is 4.89. The van der Waals surface area contributed by atoms with Crippen LogP contribution >= 0.6 is 0 Å². The van der Waals surface area contributed by atoms with E-state index in [0.717, 1.165) is 13.1 Å². The summed E-state index contributed by atoms with van der Waals surface area (Å²) in [5, 5.41) is 3.44. The summed E-state index contributed by atoms with van der Waals surface area (Å²) in [6.45, 7) is 4.72. The van der Waals surface area contributed by atoms with Crippen LogP contribution < -0.4 is 5.32 Å². The largest absolute Gasteiger partial charge is 0.314 e. The number of benzene rings is 1. The quantitative estimate of drug-likeness (QED) is 0.772. The Bertz CT molecular complexity index is 356. The van der Waals surface area contributed by atoms with Gasteiger partial charge in [-0.15, -0.1) is 0 Å². The molecule has 0 amide bonds. The topological polar surface area (TPSA) is 15.3 Å². The van der Waals surface area contributed by atoms with E-state index in [9.17, 15) is 0 Å². The van der Waals surface area contributed by atoms with Crippen LogP contribution in [0, 0.1) is 0 Å². The number of nitrogens with one attached hydrogen (secondary N) is 1. The maximum absolute atomic E-state index is 3.44. The molecule has 0 saturated carbocycles. The zero-order chi connectivity index (χ0) is 10.8. The van der Waals surface area contributed by atoms with Gasteiger partial charge in [0.25, 0.3) is 0 Å². The number of hydrogen-bond acceptors (Lipinski definition) is 2. The first kappa shape index (κ1) is 10.3. The van der Waals surface area contributed by atoms with Crippen LogP contribution in [0.1, 0.15) is 30.0 Å². The Morgan fingerprint density at radius 2 is 1.94 bits per heavy atom. The van der Waals surface area contributed by atoms with Crippen LogP contribution in [0.4, 0.5) is 0 Å². The van der Waals surface area contributed by atoms with Crippen LogP contribution in [0.2, 0.25) is 0 Å². The molecule has 0 radical (unpaired) electrons. The van der Waals surface area contributed by atoms with E-state index in [1.54, 1.807) is 11.1 Å². The molecule has 1 aliphatic carbocycles. The molecule has 1 heterocycles. The van der Waals surface area contributed by atoms with Gasteiger partial charge in [0, 0.05) is 32.2 Å². The Morgan fingerprint density at radius 1 is 1.12 bits per heavy atom. The first-order chi connectivity index (χ1) is 7.95. The minimum atomic E-state index is 0.687. The Labute approximate surface area is 97.6 Å². The molecule has 1 fully saturated rings. The molecule has 0 spiro atoms. The smallest absolute Gasteiger partial charge is 0.0352 e. The van der Waals surface area contributed by atoms with Gasteiger partial charge in [-0.3, -0.25) is 4.90 Å². The van der Waals surface area contributed by atoms with Crippen LogP contribution in [-0.4, -0.2) is 31.1 Å². The summed E-state index contributed by atoms with van der Waals surface area (Å²) in [7, 11) is 0. The van der Waals surface area contributed by atoms with Gasteiger partial charge in [-0.05, 0) is 30.4 Å². The third kappa shape index (κ3) is 1.87. The SMILES string of the molecule is c1ccc2c(c1)CCCC2N1CCNCC1. The molecule has 0 aromatic heterocycles. The molecule has 1 aromatic rings. The molecule has 1 aromatic carbocycles. The van der Waals surface area contributed by atoms with E-state index in [2.05, 4.69) is 34.5 Å². The van der Waals surface area contributed by atoms with Gasteiger partial charge in [0.1, 0.15) is 0 Å². The number of nitrogens with zero attached hydrogens (tertiary/aromatic N) is 1. The third-order valence-corrected chi connectivity index (χ3v) is 3.93. The molecule has 1 saturated heterocycles. The number of piperazine rings is 1. The van der Waals surface area contributed by atoms with Crippen molar-refractivity contribution in [1.82, 2.24) is 10.2 Å². The Hall–Kier alpha value is -0.860. The van der Waals surface area contributed by atoms with Gasteiger partial charge in [-0.2, -0.15) is 0 Å². The summed E-state index contributed by atoms with van der Waals surface area (Å²) in [6, 6.07) is 9.70. The minimum Gasteiger partial charge on any atom is -0.314 e. The number of rotatable bonds is 1. The maximum atomic E-state index is 3.44. The van der Waals surface area contributed by atoms with Crippen molar-refractivity contribution in [3.05, 3.63) is 35.4 Å². The third-order valence-electron chi connectivity index (χ3n) is 3.93. The molecule has 16 heavy (non-hydrogen) atoms. The highest BCUT2D eigenvalue weighted by atomic mass is 15.2. The zero-order valence-corrected chi connectivity index (χ0v) is 9.78. The van der Waals surface area contributed by atoms with Crippen LogP contribution in [0.25, 0.3) is 0 Å². The van der Waals surface area contributed by atoms with Crippen molar-refractivity contribution in [1.29, 1.82) is 0 Å². The second-order valence-corrected chi connectivity index (χ2v) is 4.89. The van der Waals surface area contributed by atoms with Gasteiger partial charge in [-0.1, -0.05) is 24.3 Å². The summed E-state index contributed by atoms with van der Waals surface area (Å²) < 4.78 is 0. The minimum absolute atomic E-state index is 0.687.